The molecular formula is C12H20N2O3. The van der Waals surface area contributed by atoms with E-state index < -0.39 is 5.60 Å². The molecule has 2 heterocycles. The van der Waals surface area contributed by atoms with Gasteiger partial charge in [0, 0.05) is 32.6 Å². The van der Waals surface area contributed by atoms with Crippen molar-refractivity contribution in [2.24, 2.45) is 0 Å². The largest absolute Gasteiger partial charge is 0.444 e. The van der Waals surface area contributed by atoms with Crippen LogP contribution in [0, 0.1) is 0 Å². The van der Waals surface area contributed by atoms with Gasteiger partial charge in [-0.05, 0) is 20.8 Å². The van der Waals surface area contributed by atoms with E-state index >= 15 is 0 Å². The molecule has 0 saturated carbocycles. The molecular weight excluding hydrogens is 220 g/mol. The van der Waals surface area contributed by atoms with Crippen LogP contribution in [0.25, 0.3) is 0 Å². The number of hydrogen-bond donors (Lipinski definition) is 0. The third-order valence-electron chi connectivity index (χ3n) is 3.16. The van der Waals surface area contributed by atoms with Gasteiger partial charge in [0.1, 0.15) is 5.60 Å². The Labute approximate surface area is 102 Å². The standard InChI is InChI=1S/C12H20N2O3/c1-12(2,3)17-11(16)14-7-6-13-5-4-10(15)9(13)8-14/h9H,4-8H2,1-3H3/t9-/m0/s1. The van der Waals surface area contributed by atoms with E-state index in [-0.39, 0.29) is 17.9 Å². The molecule has 1 atom stereocenters. The van der Waals surface area contributed by atoms with Crippen molar-refractivity contribution in [2.45, 2.75) is 38.8 Å². The van der Waals surface area contributed by atoms with Crippen molar-refractivity contribution in [3.8, 4) is 0 Å². The molecule has 2 aliphatic rings. The first kappa shape index (κ1) is 12.4. The van der Waals surface area contributed by atoms with Crippen molar-refractivity contribution in [2.75, 3.05) is 26.2 Å². The van der Waals surface area contributed by atoms with Crippen molar-refractivity contribution >= 4 is 11.9 Å². The number of fused-ring (bicyclic) bond motifs is 1. The van der Waals surface area contributed by atoms with Crippen molar-refractivity contribution < 1.29 is 14.3 Å². The summed E-state index contributed by atoms with van der Waals surface area (Å²) in [5, 5.41) is 0. The van der Waals surface area contributed by atoms with Crippen LogP contribution in [-0.2, 0) is 9.53 Å². The van der Waals surface area contributed by atoms with Crippen LogP contribution < -0.4 is 0 Å². The minimum absolute atomic E-state index is 0.101. The molecule has 0 bridgehead atoms. The molecule has 96 valence electrons. The molecule has 0 spiro atoms. The van der Waals surface area contributed by atoms with Gasteiger partial charge in [0.2, 0.25) is 0 Å². The van der Waals surface area contributed by atoms with Gasteiger partial charge in [0.15, 0.2) is 5.78 Å². The Morgan fingerprint density at radius 1 is 1.29 bits per heavy atom. The summed E-state index contributed by atoms with van der Waals surface area (Å²) < 4.78 is 5.32. The van der Waals surface area contributed by atoms with Gasteiger partial charge in [-0.2, -0.15) is 0 Å². The van der Waals surface area contributed by atoms with Crippen molar-refractivity contribution in [1.29, 1.82) is 0 Å². The highest BCUT2D eigenvalue weighted by Crippen LogP contribution is 2.20. The molecule has 5 heteroatoms. The van der Waals surface area contributed by atoms with Crippen LogP contribution in [-0.4, -0.2) is 59.5 Å². The molecule has 0 aromatic rings. The monoisotopic (exact) mass is 240 g/mol. The van der Waals surface area contributed by atoms with Crippen LogP contribution >= 0.6 is 0 Å². The van der Waals surface area contributed by atoms with E-state index in [4.69, 9.17) is 4.74 Å². The third kappa shape index (κ3) is 2.77. The zero-order valence-corrected chi connectivity index (χ0v) is 10.7. The number of piperazine rings is 1. The first-order valence-corrected chi connectivity index (χ1v) is 6.11. The summed E-state index contributed by atoms with van der Waals surface area (Å²) >= 11 is 0. The summed E-state index contributed by atoms with van der Waals surface area (Å²) in [7, 11) is 0. The zero-order chi connectivity index (χ0) is 12.6. The van der Waals surface area contributed by atoms with E-state index in [0.29, 0.717) is 19.5 Å². The Morgan fingerprint density at radius 2 is 2.00 bits per heavy atom. The van der Waals surface area contributed by atoms with Crippen LogP contribution in [0.4, 0.5) is 4.79 Å². The summed E-state index contributed by atoms with van der Waals surface area (Å²) in [6.45, 7) is 8.29. The maximum absolute atomic E-state index is 11.9. The number of carbonyl (C=O) groups is 2. The van der Waals surface area contributed by atoms with Gasteiger partial charge < -0.3 is 9.64 Å². The highest BCUT2D eigenvalue weighted by molar-refractivity contribution is 5.87. The average Bonchev–Trinajstić information content (AvgIpc) is 2.57. The van der Waals surface area contributed by atoms with E-state index in [1.807, 2.05) is 20.8 Å². The number of carbonyl (C=O) groups excluding carboxylic acids is 2. The van der Waals surface area contributed by atoms with Gasteiger partial charge in [0.25, 0.3) is 0 Å². The lowest BCUT2D eigenvalue weighted by Gasteiger charge is -2.37. The second kappa shape index (κ2) is 4.29. The van der Waals surface area contributed by atoms with Crippen LogP contribution in [0.5, 0.6) is 0 Å². The molecule has 2 aliphatic heterocycles. The summed E-state index contributed by atoms with van der Waals surface area (Å²) in [4.78, 5) is 27.3. The number of ketones is 1. The van der Waals surface area contributed by atoms with Crippen molar-refractivity contribution in [3.05, 3.63) is 0 Å². The second-order valence-corrected chi connectivity index (χ2v) is 5.69. The number of hydrogen-bond acceptors (Lipinski definition) is 4. The van der Waals surface area contributed by atoms with Gasteiger partial charge in [-0.3, -0.25) is 9.69 Å². The lowest BCUT2D eigenvalue weighted by Crippen LogP contribution is -2.54. The lowest BCUT2D eigenvalue weighted by atomic mass is 10.1. The SMILES string of the molecule is CC(C)(C)OC(=O)N1CCN2CCC(=O)[C@@H]2C1. The molecule has 0 aliphatic carbocycles. The summed E-state index contributed by atoms with van der Waals surface area (Å²) in [6.07, 6.45) is 0.309. The first-order chi connectivity index (χ1) is 7.87. The van der Waals surface area contributed by atoms with Crippen molar-refractivity contribution in [3.63, 3.8) is 0 Å². The summed E-state index contributed by atoms with van der Waals surface area (Å²) in [5.41, 5.74) is -0.478. The topological polar surface area (TPSA) is 49.9 Å². The van der Waals surface area contributed by atoms with Gasteiger partial charge in [-0.1, -0.05) is 0 Å². The Bertz CT molecular complexity index is 335. The fourth-order valence-corrected chi connectivity index (χ4v) is 2.31. The predicted octanol–water partition coefficient (Wildman–Crippen LogP) is 0.880. The van der Waals surface area contributed by atoms with Gasteiger partial charge >= 0.3 is 6.09 Å². The maximum atomic E-state index is 11.9. The molecule has 2 rings (SSSR count). The first-order valence-electron chi connectivity index (χ1n) is 6.11. The van der Waals surface area contributed by atoms with E-state index in [1.165, 1.54) is 0 Å². The zero-order valence-electron chi connectivity index (χ0n) is 10.7. The van der Waals surface area contributed by atoms with Gasteiger partial charge in [-0.15, -0.1) is 0 Å². The molecule has 0 aromatic heterocycles. The maximum Gasteiger partial charge on any atom is 0.410 e. The molecule has 2 fully saturated rings. The number of rotatable bonds is 0. The second-order valence-electron chi connectivity index (χ2n) is 5.69. The fraction of sp³-hybridized carbons (Fsp3) is 0.833. The molecule has 0 aromatic carbocycles. The molecule has 2 saturated heterocycles. The molecule has 5 nitrogen and oxygen atoms in total. The molecule has 17 heavy (non-hydrogen) atoms. The van der Waals surface area contributed by atoms with E-state index in [1.54, 1.807) is 4.90 Å². The quantitative estimate of drug-likeness (QED) is 0.630. The predicted molar refractivity (Wildman–Crippen MR) is 62.8 cm³/mol. The minimum Gasteiger partial charge on any atom is -0.444 e. The van der Waals surface area contributed by atoms with E-state index in [9.17, 15) is 9.59 Å². The average molecular weight is 240 g/mol. The van der Waals surface area contributed by atoms with E-state index in [2.05, 4.69) is 4.90 Å². The number of amides is 1. The fourth-order valence-electron chi connectivity index (χ4n) is 2.31. The highest BCUT2D eigenvalue weighted by atomic mass is 16.6. The van der Waals surface area contributed by atoms with Crippen LogP contribution in [0.3, 0.4) is 0 Å². The van der Waals surface area contributed by atoms with Crippen LogP contribution in [0.1, 0.15) is 27.2 Å². The van der Waals surface area contributed by atoms with Crippen molar-refractivity contribution in [1.82, 2.24) is 9.80 Å². The number of Topliss-reactive ketones (excluding diaryl/α,β-unsaturated/α-hetero) is 1. The Kier molecular flexibility index (Phi) is 3.12. The summed E-state index contributed by atoms with van der Waals surface area (Å²) in [5.74, 6) is 0.248. The Hall–Kier alpha value is -1.10. The lowest BCUT2D eigenvalue weighted by molar-refractivity contribution is -0.121. The van der Waals surface area contributed by atoms with E-state index in [0.717, 1.165) is 13.1 Å². The van der Waals surface area contributed by atoms with Gasteiger partial charge in [0.05, 0.1) is 6.04 Å². The number of ether oxygens (including phenoxy) is 1. The third-order valence-corrected chi connectivity index (χ3v) is 3.16. The smallest absolute Gasteiger partial charge is 0.410 e. The molecule has 0 radical (unpaired) electrons. The Morgan fingerprint density at radius 3 is 2.65 bits per heavy atom. The Balaban J connectivity index is 1.95. The summed E-state index contributed by atoms with van der Waals surface area (Å²) in [6, 6.07) is -0.101. The minimum atomic E-state index is -0.478. The number of nitrogens with zero attached hydrogens (tertiary/aromatic N) is 2. The normalized spacial score (nSPS) is 25.9. The molecule has 0 unspecified atom stereocenters. The van der Waals surface area contributed by atoms with Crippen LogP contribution in [0.15, 0.2) is 0 Å². The van der Waals surface area contributed by atoms with Gasteiger partial charge in [-0.25, -0.2) is 4.79 Å². The highest BCUT2D eigenvalue weighted by Gasteiger charge is 2.39. The molecule has 0 N–H and O–H groups in total. The van der Waals surface area contributed by atoms with Crippen LogP contribution in [0.2, 0.25) is 0 Å². The molecule has 1 amide bonds.